The molecule has 2 aromatic rings. The van der Waals surface area contributed by atoms with Crippen LogP contribution in [0.2, 0.25) is 0 Å². The Bertz CT molecular complexity index is 442. The van der Waals surface area contributed by atoms with E-state index in [1.807, 2.05) is 37.4 Å². The monoisotopic (exact) mass is 266 g/mol. The lowest BCUT2D eigenvalue weighted by Crippen LogP contribution is -1.90. The normalized spacial score (nSPS) is 10.3. The van der Waals surface area contributed by atoms with E-state index in [9.17, 15) is 0 Å². The first-order valence-corrected chi connectivity index (χ1v) is 5.34. The standard InChI is InChI=1S/C11H11BrN2O/c1-14-11(12)7-10(13-14)8-3-5-9(15-2)6-4-8/h3-7H,1-2H3. The summed E-state index contributed by atoms with van der Waals surface area (Å²) in [5.41, 5.74) is 2.03. The molecule has 0 bridgehead atoms. The molecule has 3 nitrogen and oxygen atoms in total. The maximum Gasteiger partial charge on any atom is 0.118 e. The lowest BCUT2D eigenvalue weighted by molar-refractivity contribution is 0.415. The summed E-state index contributed by atoms with van der Waals surface area (Å²) >= 11 is 3.42. The van der Waals surface area contributed by atoms with Crippen molar-refractivity contribution in [3.63, 3.8) is 0 Å². The fraction of sp³-hybridized carbons (Fsp3) is 0.182. The van der Waals surface area contributed by atoms with E-state index in [0.29, 0.717) is 0 Å². The van der Waals surface area contributed by atoms with Gasteiger partial charge in [0, 0.05) is 12.6 Å². The Morgan fingerprint density at radius 3 is 2.40 bits per heavy atom. The maximum absolute atomic E-state index is 5.10. The first kappa shape index (κ1) is 10.2. The number of ether oxygens (including phenoxy) is 1. The summed E-state index contributed by atoms with van der Waals surface area (Å²) < 4.78 is 7.86. The van der Waals surface area contributed by atoms with Gasteiger partial charge in [-0.3, -0.25) is 4.68 Å². The van der Waals surface area contributed by atoms with E-state index in [0.717, 1.165) is 21.6 Å². The first-order chi connectivity index (χ1) is 7.20. The number of nitrogens with zero attached hydrogens (tertiary/aromatic N) is 2. The van der Waals surface area contributed by atoms with Crippen molar-refractivity contribution in [2.75, 3.05) is 7.11 Å². The van der Waals surface area contributed by atoms with Crippen molar-refractivity contribution in [1.29, 1.82) is 0 Å². The molecular formula is C11H11BrN2O. The number of hydrogen-bond acceptors (Lipinski definition) is 2. The van der Waals surface area contributed by atoms with Crippen molar-refractivity contribution in [3.05, 3.63) is 34.9 Å². The quantitative estimate of drug-likeness (QED) is 0.836. The van der Waals surface area contributed by atoms with Crippen molar-refractivity contribution in [2.24, 2.45) is 7.05 Å². The van der Waals surface area contributed by atoms with E-state index in [-0.39, 0.29) is 0 Å². The van der Waals surface area contributed by atoms with Crippen LogP contribution in [0.25, 0.3) is 11.3 Å². The second-order valence-corrected chi connectivity index (χ2v) is 4.02. The fourth-order valence-electron chi connectivity index (χ4n) is 1.35. The zero-order valence-corrected chi connectivity index (χ0v) is 10.2. The zero-order valence-electron chi connectivity index (χ0n) is 8.57. The minimum Gasteiger partial charge on any atom is -0.497 e. The van der Waals surface area contributed by atoms with Gasteiger partial charge in [-0.05, 0) is 46.3 Å². The molecule has 0 fully saturated rings. The predicted molar refractivity (Wildman–Crippen MR) is 62.9 cm³/mol. The van der Waals surface area contributed by atoms with Gasteiger partial charge in [-0.2, -0.15) is 5.10 Å². The molecule has 0 unspecified atom stereocenters. The van der Waals surface area contributed by atoms with Crippen LogP contribution in [0.5, 0.6) is 5.75 Å². The van der Waals surface area contributed by atoms with Crippen LogP contribution in [0, 0.1) is 0 Å². The molecule has 0 aliphatic heterocycles. The lowest BCUT2D eigenvalue weighted by atomic mass is 10.1. The van der Waals surface area contributed by atoms with Crippen LogP contribution in [0.3, 0.4) is 0 Å². The van der Waals surface area contributed by atoms with E-state index >= 15 is 0 Å². The average Bonchev–Trinajstić information content (AvgIpc) is 2.59. The number of aryl methyl sites for hydroxylation is 1. The number of benzene rings is 1. The van der Waals surface area contributed by atoms with E-state index < -0.39 is 0 Å². The van der Waals surface area contributed by atoms with Crippen LogP contribution in [0.4, 0.5) is 0 Å². The molecule has 0 amide bonds. The SMILES string of the molecule is COc1ccc(-c2cc(Br)n(C)n2)cc1. The topological polar surface area (TPSA) is 27.1 Å². The van der Waals surface area contributed by atoms with Crippen LogP contribution in [-0.2, 0) is 7.05 Å². The Hall–Kier alpha value is -1.29. The highest BCUT2D eigenvalue weighted by Gasteiger charge is 2.04. The number of methoxy groups -OCH3 is 1. The van der Waals surface area contributed by atoms with Crippen molar-refractivity contribution >= 4 is 15.9 Å². The van der Waals surface area contributed by atoms with Crippen LogP contribution in [-0.4, -0.2) is 16.9 Å². The van der Waals surface area contributed by atoms with Gasteiger partial charge in [0.05, 0.1) is 12.8 Å². The fourth-order valence-corrected chi connectivity index (χ4v) is 1.64. The van der Waals surface area contributed by atoms with Gasteiger partial charge in [-0.1, -0.05) is 0 Å². The molecule has 2 rings (SSSR count). The third-order valence-electron chi connectivity index (χ3n) is 2.21. The van der Waals surface area contributed by atoms with Gasteiger partial charge in [0.25, 0.3) is 0 Å². The highest BCUT2D eigenvalue weighted by atomic mass is 79.9. The van der Waals surface area contributed by atoms with Gasteiger partial charge in [-0.25, -0.2) is 0 Å². The third kappa shape index (κ3) is 2.04. The van der Waals surface area contributed by atoms with Gasteiger partial charge in [0.1, 0.15) is 10.4 Å². The predicted octanol–water partition coefficient (Wildman–Crippen LogP) is 2.86. The number of halogens is 1. The Labute approximate surface area is 96.8 Å². The highest BCUT2D eigenvalue weighted by molar-refractivity contribution is 9.10. The third-order valence-corrected chi connectivity index (χ3v) is 2.95. The number of hydrogen-bond donors (Lipinski definition) is 0. The van der Waals surface area contributed by atoms with Gasteiger partial charge in [0.15, 0.2) is 0 Å². The van der Waals surface area contributed by atoms with Crippen molar-refractivity contribution in [3.8, 4) is 17.0 Å². The van der Waals surface area contributed by atoms with Crippen molar-refractivity contribution < 1.29 is 4.74 Å². The summed E-state index contributed by atoms with van der Waals surface area (Å²) in [6.45, 7) is 0. The molecular weight excluding hydrogens is 256 g/mol. The Morgan fingerprint density at radius 2 is 1.93 bits per heavy atom. The molecule has 0 N–H and O–H groups in total. The molecule has 1 heterocycles. The summed E-state index contributed by atoms with van der Waals surface area (Å²) in [5, 5.41) is 4.36. The van der Waals surface area contributed by atoms with Gasteiger partial charge in [0.2, 0.25) is 0 Å². The molecule has 0 aliphatic carbocycles. The molecule has 15 heavy (non-hydrogen) atoms. The molecule has 78 valence electrons. The Balaban J connectivity index is 2.37. The zero-order chi connectivity index (χ0) is 10.8. The van der Waals surface area contributed by atoms with E-state index in [2.05, 4.69) is 21.0 Å². The summed E-state index contributed by atoms with van der Waals surface area (Å²) in [4.78, 5) is 0. The van der Waals surface area contributed by atoms with E-state index in [1.54, 1.807) is 11.8 Å². The van der Waals surface area contributed by atoms with E-state index in [4.69, 9.17) is 4.74 Å². The summed E-state index contributed by atoms with van der Waals surface area (Å²) in [7, 11) is 3.56. The average molecular weight is 267 g/mol. The second-order valence-electron chi connectivity index (χ2n) is 3.20. The maximum atomic E-state index is 5.10. The summed E-state index contributed by atoms with van der Waals surface area (Å²) in [6.07, 6.45) is 0. The highest BCUT2D eigenvalue weighted by Crippen LogP contribution is 2.23. The van der Waals surface area contributed by atoms with Crippen LogP contribution < -0.4 is 4.74 Å². The molecule has 0 aliphatic rings. The second kappa shape index (κ2) is 4.06. The Morgan fingerprint density at radius 1 is 1.27 bits per heavy atom. The van der Waals surface area contributed by atoms with Gasteiger partial charge < -0.3 is 4.74 Å². The van der Waals surface area contributed by atoms with Crippen LogP contribution in [0.15, 0.2) is 34.9 Å². The Kier molecular flexibility index (Phi) is 2.77. The van der Waals surface area contributed by atoms with E-state index in [1.165, 1.54) is 0 Å². The molecule has 0 saturated carbocycles. The largest absolute Gasteiger partial charge is 0.497 e. The molecule has 4 heteroatoms. The van der Waals surface area contributed by atoms with Crippen LogP contribution >= 0.6 is 15.9 Å². The van der Waals surface area contributed by atoms with Gasteiger partial charge >= 0.3 is 0 Å². The smallest absolute Gasteiger partial charge is 0.118 e. The van der Waals surface area contributed by atoms with Crippen molar-refractivity contribution in [2.45, 2.75) is 0 Å². The minimum atomic E-state index is 0.855. The minimum absolute atomic E-state index is 0.855. The first-order valence-electron chi connectivity index (χ1n) is 4.54. The molecule has 0 saturated heterocycles. The van der Waals surface area contributed by atoms with Crippen LogP contribution in [0.1, 0.15) is 0 Å². The molecule has 1 aromatic heterocycles. The lowest BCUT2D eigenvalue weighted by Gasteiger charge is -2.00. The molecule has 0 spiro atoms. The number of aromatic nitrogens is 2. The molecule has 0 atom stereocenters. The number of rotatable bonds is 2. The molecule has 1 aromatic carbocycles. The summed E-state index contributed by atoms with van der Waals surface area (Å²) in [6, 6.07) is 9.83. The molecule has 0 radical (unpaired) electrons. The van der Waals surface area contributed by atoms with Crippen molar-refractivity contribution in [1.82, 2.24) is 9.78 Å². The summed E-state index contributed by atoms with van der Waals surface area (Å²) in [5.74, 6) is 0.855. The van der Waals surface area contributed by atoms with Gasteiger partial charge in [-0.15, -0.1) is 0 Å².